The quantitative estimate of drug-likeness (QED) is 0.617. The number of hydrogen-bond acceptors (Lipinski definition) is 1. The predicted octanol–water partition coefficient (Wildman–Crippen LogP) is 2.68. The van der Waals surface area contributed by atoms with Crippen molar-refractivity contribution in [3.8, 4) is 0 Å². The minimum absolute atomic E-state index is 0.153. The minimum Gasteiger partial charge on any atom is -0.393 e. The number of hydrogen-bond donors (Lipinski definition) is 1. The van der Waals surface area contributed by atoms with E-state index in [4.69, 9.17) is 16.7 Å². The lowest BCUT2D eigenvalue weighted by Crippen LogP contribution is -1.97. The highest BCUT2D eigenvalue weighted by Gasteiger charge is 1.92. The summed E-state index contributed by atoms with van der Waals surface area (Å²) in [6.45, 7) is 1.82. The molecule has 1 N–H and O–H groups in total. The molecule has 0 aliphatic carbocycles. The van der Waals surface area contributed by atoms with E-state index in [9.17, 15) is 0 Å². The Labute approximate surface area is 67.7 Å². The van der Waals surface area contributed by atoms with Crippen LogP contribution in [0.2, 0.25) is 0 Å². The van der Waals surface area contributed by atoms with E-state index in [2.05, 4.69) is 0 Å². The van der Waals surface area contributed by atoms with E-state index in [1.165, 1.54) is 0 Å². The van der Waals surface area contributed by atoms with E-state index >= 15 is 0 Å². The van der Waals surface area contributed by atoms with Crippen LogP contribution in [0.5, 0.6) is 0 Å². The van der Waals surface area contributed by atoms with E-state index in [1.54, 1.807) is 5.54 Å². The molecular formula is C8H15ClO. The summed E-state index contributed by atoms with van der Waals surface area (Å²) >= 11 is 5.31. The summed E-state index contributed by atoms with van der Waals surface area (Å²) in [6, 6.07) is 0. The first kappa shape index (κ1) is 9.99. The Kier molecular flexibility index (Phi) is 7.09. The van der Waals surface area contributed by atoms with Gasteiger partial charge in [0.1, 0.15) is 0 Å². The molecule has 0 aliphatic heterocycles. The molecule has 0 spiro atoms. The van der Waals surface area contributed by atoms with Crippen molar-refractivity contribution in [2.75, 3.05) is 0 Å². The summed E-state index contributed by atoms with van der Waals surface area (Å²) in [5.41, 5.74) is 1.54. The molecule has 0 saturated carbocycles. The minimum atomic E-state index is -0.153. The number of unbranched alkanes of at least 4 members (excludes halogenated alkanes) is 2. The van der Waals surface area contributed by atoms with Crippen molar-refractivity contribution in [3.63, 3.8) is 0 Å². The molecule has 0 amide bonds. The maximum atomic E-state index is 8.86. The van der Waals surface area contributed by atoms with E-state index in [0.29, 0.717) is 0 Å². The third kappa shape index (κ3) is 7.99. The molecule has 0 aromatic carbocycles. The van der Waals surface area contributed by atoms with Crippen molar-refractivity contribution >= 4 is 11.6 Å². The molecule has 0 aliphatic rings. The van der Waals surface area contributed by atoms with Crippen molar-refractivity contribution in [2.45, 2.75) is 38.7 Å². The Morgan fingerprint density at radius 3 is 2.70 bits per heavy atom. The molecule has 60 valence electrons. The smallest absolute Gasteiger partial charge is 0.0512 e. The van der Waals surface area contributed by atoms with Gasteiger partial charge in [-0.15, -0.1) is 0 Å². The molecule has 1 nitrogen and oxygen atoms in total. The molecule has 1 atom stereocenters. The van der Waals surface area contributed by atoms with Gasteiger partial charge in [0.05, 0.1) is 6.10 Å². The lowest BCUT2D eigenvalue weighted by molar-refractivity contribution is 0.181. The maximum Gasteiger partial charge on any atom is 0.0512 e. The fourth-order valence-electron chi connectivity index (χ4n) is 0.765. The zero-order valence-electron chi connectivity index (χ0n) is 6.39. The highest BCUT2D eigenvalue weighted by atomic mass is 35.5. The number of aliphatic hydroxyl groups excluding tert-OH is 1. The van der Waals surface area contributed by atoms with Gasteiger partial charge >= 0.3 is 0 Å². The average Bonchev–Trinajstić information content (AvgIpc) is 1.87. The van der Waals surface area contributed by atoms with Crippen molar-refractivity contribution in [3.05, 3.63) is 11.6 Å². The van der Waals surface area contributed by atoms with Gasteiger partial charge in [0.25, 0.3) is 0 Å². The van der Waals surface area contributed by atoms with Crippen molar-refractivity contribution < 1.29 is 5.11 Å². The van der Waals surface area contributed by atoms with Crippen molar-refractivity contribution in [1.29, 1.82) is 0 Å². The Hall–Kier alpha value is -0.0100. The van der Waals surface area contributed by atoms with Gasteiger partial charge in [0, 0.05) is 5.54 Å². The van der Waals surface area contributed by atoms with Gasteiger partial charge in [0.15, 0.2) is 0 Å². The summed E-state index contributed by atoms with van der Waals surface area (Å²) in [5, 5.41) is 8.86. The van der Waals surface area contributed by atoms with Crippen LogP contribution in [0, 0.1) is 0 Å². The summed E-state index contributed by atoms with van der Waals surface area (Å²) in [4.78, 5) is 0. The van der Waals surface area contributed by atoms with E-state index in [0.717, 1.165) is 25.7 Å². The normalized spacial score (nSPS) is 14.3. The third-order valence-corrected chi connectivity index (χ3v) is 1.51. The van der Waals surface area contributed by atoms with Crippen LogP contribution in [0.1, 0.15) is 32.6 Å². The third-order valence-electron chi connectivity index (χ3n) is 1.33. The van der Waals surface area contributed by atoms with Gasteiger partial charge in [-0.2, -0.15) is 0 Å². The zero-order chi connectivity index (χ0) is 7.82. The topological polar surface area (TPSA) is 20.2 Å². The fourth-order valence-corrected chi connectivity index (χ4v) is 0.891. The van der Waals surface area contributed by atoms with Gasteiger partial charge in [-0.3, -0.25) is 0 Å². The molecular weight excluding hydrogens is 148 g/mol. The zero-order valence-corrected chi connectivity index (χ0v) is 7.14. The van der Waals surface area contributed by atoms with Crippen LogP contribution < -0.4 is 0 Å². The molecule has 10 heavy (non-hydrogen) atoms. The number of allylic oxidation sites excluding steroid dienone is 1. The van der Waals surface area contributed by atoms with Gasteiger partial charge in [0.2, 0.25) is 0 Å². The van der Waals surface area contributed by atoms with Gasteiger partial charge in [-0.05, 0) is 26.2 Å². The van der Waals surface area contributed by atoms with Gasteiger partial charge < -0.3 is 5.11 Å². The molecule has 0 bridgehead atoms. The van der Waals surface area contributed by atoms with Crippen LogP contribution in [0.3, 0.4) is 0 Å². The molecule has 0 saturated heterocycles. The molecule has 0 aromatic rings. The maximum absolute atomic E-state index is 8.86. The second-order valence-electron chi connectivity index (χ2n) is 2.50. The second kappa shape index (κ2) is 7.10. The Balaban J connectivity index is 2.91. The summed E-state index contributed by atoms with van der Waals surface area (Å²) in [5.74, 6) is 0. The number of aliphatic hydroxyl groups is 1. The van der Waals surface area contributed by atoms with E-state index < -0.39 is 0 Å². The molecule has 0 unspecified atom stereocenters. The first-order valence-corrected chi connectivity index (χ1v) is 4.14. The van der Waals surface area contributed by atoms with Crippen LogP contribution >= 0.6 is 11.6 Å². The standard InChI is InChI=1S/C8H15ClO/c1-8(10)6-4-2-3-5-7-9/h5,7-8,10H,2-4,6H2,1H3/t8-/m1/s1. The first-order valence-electron chi connectivity index (χ1n) is 3.70. The van der Waals surface area contributed by atoms with Crippen LogP contribution in [0.4, 0.5) is 0 Å². The predicted molar refractivity (Wildman–Crippen MR) is 45.1 cm³/mol. The fraction of sp³-hybridized carbons (Fsp3) is 0.750. The van der Waals surface area contributed by atoms with Crippen LogP contribution in [-0.4, -0.2) is 11.2 Å². The van der Waals surface area contributed by atoms with Crippen molar-refractivity contribution in [2.24, 2.45) is 0 Å². The molecule has 0 aromatic heterocycles. The van der Waals surface area contributed by atoms with E-state index in [1.807, 2.05) is 13.0 Å². The Morgan fingerprint density at radius 2 is 2.20 bits per heavy atom. The van der Waals surface area contributed by atoms with Gasteiger partial charge in [-0.1, -0.05) is 24.1 Å². The monoisotopic (exact) mass is 162 g/mol. The molecule has 0 fully saturated rings. The molecule has 0 rings (SSSR count). The average molecular weight is 163 g/mol. The molecule has 0 heterocycles. The highest BCUT2D eigenvalue weighted by molar-refractivity contribution is 6.25. The SMILES string of the molecule is C[C@@H](O)CCCCC=CCl. The summed E-state index contributed by atoms with van der Waals surface area (Å²) < 4.78 is 0. The molecule has 2 heteroatoms. The second-order valence-corrected chi connectivity index (χ2v) is 2.75. The van der Waals surface area contributed by atoms with Crippen LogP contribution in [0.15, 0.2) is 11.6 Å². The largest absolute Gasteiger partial charge is 0.393 e. The Bertz CT molecular complexity index is 89.3. The van der Waals surface area contributed by atoms with Crippen LogP contribution in [0.25, 0.3) is 0 Å². The lowest BCUT2D eigenvalue weighted by Gasteiger charge is -2.00. The summed E-state index contributed by atoms with van der Waals surface area (Å²) in [7, 11) is 0. The van der Waals surface area contributed by atoms with Gasteiger partial charge in [-0.25, -0.2) is 0 Å². The number of halogens is 1. The van der Waals surface area contributed by atoms with Crippen molar-refractivity contribution in [1.82, 2.24) is 0 Å². The molecule has 0 radical (unpaired) electrons. The van der Waals surface area contributed by atoms with Crippen LogP contribution in [-0.2, 0) is 0 Å². The Morgan fingerprint density at radius 1 is 1.50 bits per heavy atom. The first-order chi connectivity index (χ1) is 4.77. The summed E-state index contributed by atoms with van der Waals surface area (Å²) in [6.07, 6.45) is 5.91. The van der Waals surface area contributed by atoms with E-state index in [-0.39, 0.29) is 6.10 Å². The highest BCUT2D eigenvalue weighted by Crippen LogP contribution is 2.03. The lowest BCUT2D eigenvalue weighted by atomic mass is 10.1. The number of rotatable bonds is 5.